The molecule has 1 radical (unpaired) electrons. The van der Waals surface area contributed by atoms with E-state index in [-0.39, 0.29) is 0 Å². The molecule has 5 heteroatoms. The molecule has 0 saturated heterocycles. The van der Waals surface area contributed by atoms with Gasteiger partial charge in [-0.1, -0.05) is 0 Å². The summed E-state index contributed by atoms with van der Waals surface area (Å²) in [4.78, 5) is 11.4. The van der Waals surface area contributed by atoms with Crippen molar-refractivity contribution in [3.8, 4) is 0 Å². The number of carbonyl (C=O) groups excluding carboxylic acids is 1. The van der Waals surface area contributed by atoms with Gasteiger partial charge in [-0.3, -0.25) is 4.68 Å². The van der Waals surface area contributed by atoms with Crippen LogP contribution < -0.4 is 5.32 Å². The van der Waals surface area contributed by atoms with Crippen LogP contribution in [-0.4, -0.2) is 28.0 Å². The number of ether oxygens (including phenoxy) is 1. The first-order valence-electron chi connectivity index (χ1n) is 5.68. The average Bonchev–Trinajstić information content (AvgIpc) is 2.42. The van der Waals surface area contributed by atoms with Crippen molar-refractivity contribution >= 4 is 6.09 Å². The average molecular weight is 238 g/mol. The van der Waals surface area contributed by atoms with E-state index < -0.39 is 11.7 Å². The minimum atomic E-state index is -0.462. The predicted molar refractivity (Wildman–Crippen MR) is 64.8 cm³/mol. The highest BCUT2D eigenvalue weighted by atomic mass is 16.6. The van der Waals surface area contributed by atoms with Gasteiger partial charge in [0.25, 0.3) is 0 Å². The molecule has 1 N–H and O–H groups in total. The van der Waals surface area contributed by atoms with E-state index in [1.165, 1.54) is 0 Å². The van der Waals surface area contributed by atoms with Gasteiger partial charge in [0.05, 0.1) is 12.2 Å². The second-order valence-corrected chi connectivity index (χ2v) is 4.95. The molecule has 0 atom stereocenters. The third-order valence-electron chi connectivity index (χ3n) is 2.01. The van der Waals surface area contributed by atoms with Crippen LogP contribution in [0, 0.1) is 19.9 Å². The van der Waals surface area contributed by atoms with E-state index in [9.17, 15) is 4.79 Å². The summed E-state index contributed by atoms with van der Waals surface area (Å²) in [6.07, 6.45) is -0.400. The molecule has 5 nitrogen and oxygen atoms in total. The normalized spacial score (nSPS) is 11.4. The maximum atomic E-state index is 11.4. The van der Waals surface area contributed by atoms with Crippen LogP contribution >= 0.6 is 0 Å². The zero-order chi connectivity index (χ0) is 13.1. The molecule has 1 rings (SSSR count). The van der Waals surface area contributed by atoms with E-state index in [2.05, 4.69) is 16.5 Å². The first-order chi connectivity index (χ1) is 7.78. The zero-order valence-corrected chi connectivity index (χ0v) is 11.1. The molecule has 0 aliphatic carbocycles. The second kappa shape index (κ2) is 5.21. The molecule has 17 heavy (non-hydrogen) atoms. The van der Waals surface area contributed by atoms with Crippen molar-refractivity contribution in [2.24, 2.45) is 0 Å². The molecule has 0 bridgehead atoms. The van der Waals surface area contributed by atoms with Crippen molar-refractivity contribution in [3.63, 3.8) is 0 Å². The third-order valence-corrected chi connectivity index (χ3v) is 2.01. The lowest BCUT2D eigenvalue weighted by Crippen LogP contribution is -2.34. The van der Waals surface area contributed by atoms with Crippen molar-refractivity contribution in [2.45, 2.75) is 46.8 Å². The van der Waals surface area contributed by atoms with Gasteiger partial charge in [0.2, 0.25) is 0 Å². The highest BCUT2D eigenvalue weighted by molar-refractivity contribution is 5.67. The Balaban J connectivity index is 2.33. The molecule has 0 spiro atoms. The van der Waals surface area contributed by atoms with Crippen LogP contribution in [0.15, 0.2) is 0 Å². The van der Waals surface area contributed by atoms with Gasteiger partial charge in [-0.25, -0.2) is 4.79 Å². The molecule has 0 aromatic carbocycles. The summed E-state index contributed by atoms with van der Waals surface area (Å²) in [6, 6.07) is 3.09. The van der Waals surface area contributed by atoms with E-state index >= 15 is 0 Å². The molecule has 0 aliphatic rings. The number of hydrogen-bond donors (Lipinski definition) is 1. The predicted octanol–water partition coefficient (Wildman–Crippen LogP) is 1.82. The first-order valence-corrected chi connectivity index (χ1v) is 5.68. The number of hydrogen-bond acceptors (Lipinski definition) is 3. The maximum absolute atomic E-state index is 11.4. The lowest BCUT2D eigenvalue weighted by molar-refractivity contribution is 0.0525. The van der Waals surface area contributed by atoms with Gasteiger partial charge in [-0.15, -0.1) is 0 Å². The van der Waals surface area contributed by atoms with E-state index in [1.54, 1.807) is 0 Å². The molecule has 0 aliphatic heterocycles. The number of aromatic nitrogens is 2. The number of nitrogens with one attached hydrogen (secondary N) is 1. The minimum absolute atomic E-state index is 0.400. The number of alkyl carbamates (subject to hydrolysis) is 1. The molecule has 0 fully saturated rings. The molecule has 95 valence electrons. The first kappa shape index (κ1) is 13.5. The Kier molecular flexibility index (Phi) is 4.15. The number of rotatable bonds is 3. The van der Waals surface area contributed by atoms with Crippen LogP contribution in [0.5, 0.6) is 0 Å². The molecule has 1 amide bonds. The highest BCUT2D eigenvalue weighted by Crippen LogP contribution is 2.06. The van der Waals surface area contributed by atoms with Gasteiger partial charge >= 0.3 is 6.09 Å². The van der Waals surface area contributed by atoms with Gasteiger partial charge in [-0.2, -0.15) is 5.10 Å². The smallest absolute Gasteiger partial charge is 0.407 e. The Bertz CT molecular complexity index is 391. The lowest BCUT2D eigenvalue weighted by Gasteiger charge is -2.19. The largest absolute Gasteiger partial charge is 0.444 e. The number of amides is 1. The molecule has 1 aromatic heterocycles. The van der Waals surface area contributed by atoms with Crippen molar-refractivity contribution in [1.29, 1.82) is 0 Å². The Morgan fingerprint density at radius 3 is 2.59 bits per heavy atom. The quantitative estimate of drug-likeness (QED) is 0.874. The van der Waals surface area contributed by atoms with Crippen molar-refractivity contribution in [3.05, 3.63) is 17.5 Å². The molecule has 1 aromatic rings. The van der Waals surface area contributed by atoms with E-state index in [1.807, 2.05) is 39.3 Å². The Morgan fingerprint density at radius 2 is 2.12 bits per heavy atom. The molecular formula is C12H20N3O2. The minimum Gasteiger partial charge on any atom is -0.444 e. The number of aryl methyl sites for hydroxylation is 2. The number of carbonyl (C=O) groups is 1. The van der Waals surface area contributed by atoms with Crippen molar-refractivity contribution in [2.75, 3.05) is 6.54 Å². The van der Waals surface area contributed by atoms with Crippen LogP contribution in [0.1, 0.15) is 32.2 Å². The highest BCUT2D eigenvalue weighted by Gasteiger charge is 2.15. The van der Waals surface area contributed by atoms with Gasteiger partial charge in [-0.05, 0) is 34.6 Å². The van der Waals surface area contributed by atoms with Gasteiger partial charge in [0.1, 0.15) is 5.60 Å². The molecular weight excluding hydrogens is 218 g/mol. The van der Waals surface area contributed by atoms with Crippen LogP contribution in [-0.2, 0) is 11.3 Å². The SMILES string of the molecule is Cc1[c]c(C)n(CCNC(=O)OC(C)(C)C)n1. The van der Waals surface area contributed by atoms with E-state index in [0.717, 1.165) is 11.4 Å². The zero-order valence-electron chi connectivity index (χ0n) is 11.1. The Labute approximate surface area is 102 Å². The van der Waals surface area contributed by atoms with Crippen LogP contribution in [0.2, 0.25) is 0 Å². The van der Waals surface area contributed by atoms with E-state index in [0.29, 0.717) is 13.1 Å². The fraction of sp³-hybridized carbons (Fsp3) is 0.667. The summed E-state index contributed by atoms with van der Waals surface area (Å²) in [7, 11) is 0. The summed E-state index contributed by atoms with van der Waals surface area (Å²) in [5.41, 5.74) is 1.36. The lowest BCUT2D eigenvalue weighted by atomic mass is 10.2. The molecule has 1 heterocycles. The summed E-state index contributed by atoms with van der Waals surface area (Å²) in [5.74, 6) is 0. The molecule has 0 saturated carbocycles. The summed E-state index contributed by atoms with van der Waals surface area (Å²) < 4.78 is 6.94. The molecule has 0 unspecified atom stereocenters. The fourth-order valence-corrected chi connectivity index (χ4v) is 1.40. The monoisotopic (exact) mass is 238 g/mol. The summed E-state index contributed by atoms with van der Waals surface area (Å²) in [5, 5.41) is 6.94. The Morgan fingerprint density at radius 1 is 1.47 bits per heavy atom. The second-order valence-electron chi connectivity index (χ2n) is 4.95. The van der Waals surface area contributed by atoms with Gasteiger partial charge in [0, 0.05) is 18.3 Å². The van der Waals surface area contributed by atoms with Crippen molar-refractivity contribution in [1.82, 2.24) is 15.1 Å². The summed E-state index contributed by atoms with van der Waals surface area (Å²) >= 11 is 0. The van der Waals surface area contributed by atoms with Crippen LogP contribution in [0.3, 0.4) is 0 Å². The van der Waals surface area contributed by atoms with Crippen molar-refractivity contribution < 1.29 is 9.53 Å². The summed E-state index contributed by atoms with van der Waals surface area (Å²) in [6.45, 7) is 10.5. The standard InChI is InChI=1S/C12H20N3O2/c1-9-8-10(2)15(14-9)7-6-13-11(16)17-12(3,4)5/h6-7H2,1-5H3,(H,13,16). The van der Waals surface area contributed by atoms with E-state index in [4.69, 9.17) is 4.74 Å². The number of nitrogens with zero attached hydrogens (tertiary/aromatic N) is 2. The maximum Gasteiger partial charge on any atom is 0.407 e. The van der Waals surface area contributed by atoms with Gasteiger partial charge < -0.3 is 10.1 Å². The Hall–Kier alpha value is -1.52. The van der Waals surface area contributed by atoms with Crippen LogP contribution in [0.25, 0.3) is 0 Å². The third kappa shape index (κ3) is 4.89. The van der Waals surface area contributed by atoms with Crippen LogP contribution in [0.4, 0.5) is 4.79 Å². The van der Waals surface area contributed by atoms with Gasteiger partial charge in [0.15, 0.2) is 0 Å². The fourth-order valence-electron chi connectivity index (χ4n) is 1.40. The topological polar surface area (TPSA) is 56.2 Å².